The molecule has 1 aliphatic heterocycles. The summed E-state index contributed by atoms with van der Waals surface area (Å²) in [4.78, 5) is 26.6. The molecule has 0 fully saturated rings. The molecule has 1 heterocycles. The van der Waals surface area contributed by atoms with E-state index in [0.29, 0.717) is 26.7 Å². The van der Waals surface area contributed by atoms with Crippen LogP contribution in [0.25, 0.3) is 6.08 Å². The van der Waals surface area contributed by atoms with Gasteiger partial charge in [0.05, 0.1) is 4.92 Å². The number of nitrogens with zero attached hydrogens (tertiary/aromatic N) is 2. The van der Waals surface area contributed by atoms with Gasteiger partial charge in [0.1, 0.15) is 0 Å². The second-order valence-corrected chi connectivity index (χ2v) is 6.04. The van der Waals surface area contributed by atoms with Gasteiger partial charge in [0.25, 0.3) is 5.69 Å². The standard InChI is InChI=1S/C17H10Cl2N2O4/c1-9-7-10(5-6-15(9)21(23)24)16-20-14(17(22)25-16)8-11-12(18)3-2-4-13(11)19/h2-8H,1H3/b14-8-. The minimum Gasteiger partial charge on any atom is -0.402 e. The van der Waals surface area contributed by atoms with Gasteiger partial charge in [0, 0.05) is 32.8 Å². The molecule has 25 heavy (non-hydrogen) atoms. The van der Waals surface area contributed by atoms with Crippen molar-refractivity contribution >= 4 is 46.8 Å². The quantitative estimate of drug-likeness (QED) is 0.340. The molecule has 0 radical (unpaired) electrons. The van der Waals surface area contributed by atoms with Gasteiger partial charge < -0.3 is 4.74 Å². The van der Waals surface area contributed by atoms with Gasteiger partial charge in [-0.3, -0.25) is 10.1 Å². The van der Waals surface area contributed by atoms with Crippen LogP contribution in [0, 0.1) is 17.0 Å². The molecule has 0 aliphatic carbocycles. The summed E-state index contributed by atoms with van der Waals surface area (Å²) >= 11 is 12.2. The largest absolute Gasteiger partial charge is 0.402 e. The topological polar surface area (TPSA) is 81.8 Å². The first-order chi connectivity index (χ1) is 11.9. The Labute approximate surface area is 152 Å². The monoisotopic (exact) mass is 376 g/mol. The molecule has 1 aliphatic rings. The maximum absolute atomic E-state index is 12.0. The second kappa shape index (κ2) is 6.66. The average molecular weight is 377 g/mol. The number of aryl methyl sites for hydroxylation is 1. The highest BCUT2D eigenvalue weighted by molar-refractivity contribution is 6.37. The molecule has 0 N–H and O–H groups in total. The summed E-state index contributed by atoms with van der Waals surface area (Å²) in [5, 5.41) is 11.6. The molecule has 0 amide bonds. The molecule has 0 spiro atoms. The molecule has 0 saturated heterocycles. The molecule has 0 unspecified atom stereocenters. The lowest BCUT2D eigenvalue weighted by Crippen LogP contribution is -2.06. The summed E-state index contributed by atoms with van der Waals surface area (Å²) in [6.45, 7) is 1.60. The van der Waals surface area contributed by atoms with E-state index in [0.717, 1.165) is 0 Å². The van der Waals surface area contributed by atoms with E-state index in [1.54, 1.807) is 25.1 Å². The molecular formula is C17H10Cl2N2O4. The third kappa shape index (κ3) is 3.40. The fraction of sp³-hybridized carbons (Fsp3) is 0.0588. The average Bonchev–Trinajstić information content (AvgIpc) is 2.91. The minimum atomic E-state index is -0.651. The number of nitro groups is 1. The van der Waals surface area contributed by atoms with Gasteiger partial charge in [-0.2, -0.15) is 0 Å². The lowest BCUT2D eigenvalue weighted by Gasteiger charge is -2.01. The molecule has 6 nitrogen and oxygen atoms in total. The minimum absolute atomic E-state index is 0.0210. The summed E-state index contributed by atoms with van der Waals surface area (Å²) < 4.78 is 5.15. The molecule has 0 atom stereocenters. The van der Waals surface area contributed by atoms with E-state index in [-0.39, 0.29) is 17.3 Å². The number of carbonyl (C=O) groups is 1. The summed E-state index contributed by atoms with van der Waals surface area (Å²) in [5.41, 5.74) is 1.38. The van der Waals surface area contributed by atoms with Gasteiger partial charge >= 0.3 is 5.97 Å². The third-order valence-corrected chi connectivity index (χ3v) is 4.20. The van der Waals surface area contributed by atoms with Crippen molar-refractivity contribution in [3.05, 3.63) is 78.9 Å². The second-order valence-electron chi connectivity index (χ2n) is 5.23. The Morgan fingerprint density at radius 3 is 2.48 bits per heavy atom. The molecule has 0 aromatic heterocycles. The van der Waals surface area contributed by atoms with Crippen LogP contribution in [0.2, 0.25) is 10.0 Å². The first-order valence-corrected chi connectivity index (χ1v) is 7.84. The van der Waals surface area contributed by atoms with E-state index in [4.69, 9.17) is 27.9 Å². The molecular weight excluding hydrogens is 367 g/mol. The molecule has 2 aromatic rings. The van der Waals surface area contributed by atoms with E-state index in [2.05, 4.69) is 4.99 Å². The van der Waals surface area contributed by atoms with E-state index in [1.165, 1.54) is 24.3 Å². The van der Waals surface area contributed by atoms with Crippen molar-refractivity contribution in [3.63, 3.8) is 0 Å². The van der Waals surface area contributed by atoms with Crippen molar-refractivity contribution < 1.29 is 14.5 Å². The highest BCUT2D eigenvalue weighted by Crippen LogP contribution is 2.29. The van der Waals surface area contributed by atoms with Crippen molar-refractivity contribution in [2.45, 2.75) is 6.92 Å². The van der Waals surface area contributed by atoms with Crippen LogP contribution >= 0.6 is 23.2 Å². The van der Waals surface area contributed by atoms with Crippen LogP contribution in [-0.4, -0.2) is 16.8 Å². The fourth-order valence-electron chi connectivity index (χ4n) is 2.31. The Morgan fingerprint density at radius 2 is 1.88 bits per heavy atom. The van der Waals surface area contributed by atoms with Gasteiger partial charge in [-0.25, -0.2) is 9.79 Å². The zero-order chi connectivity index (χ0) is 18.1. The molecule has 0 saturated carbocycles. The first kappa shape index (κ1) is 17.1. The molecule has 3 rings (SSSR count). The lowest BCUT2D eigenvalue weighted by molar-refractivity contribution is -0.385. The number of aliphatic imine (C=N–C) groups is 1. The number of cyclic esters (lactones) is 1. The normalized spacial score (nSPS) is 15.2. The Kier molecular flexibility index (Phi) is 4.57. The highest BCUT2D eigenvalue weighted by atomic mass is 35.5. The first-order valence-electron chi connectivity index (χ1n) is 7.09. The summed E-state index contributed by atoms with van der Waals surface area (Å²) in [5.74, 6) is -0.584. The van der Waals surface area contributed by atoms with Crippen molar-refractivity contribution in [2.24, 2.45) is 4.99 Å². The van der Waals surface area contributed by atoms with Gasteiger partial charge in [-0.1, -0.05) is 29.3 Å². The Bertz CT molecular complexity index is 947. The van der Waals surface area contributed by atoms with Gasteiger partial charge in [-0.05, 0) is 37.3 Å². The number of nitro benzene ring substituents is 1. The van der Waals surface area contributed by atoms with Crippen molar-refractivity contribution in [1.29, 1.82) is 0 Å². The maximum atomic E-state index is 12.0. The van der Waals surface area contributed by atoms with Crippen LogP contribution in [-0.2, 0) is 9.53 Å². The van der Waals surface area contributed by atoms with E-state index in [9.17, 15) is 14.9 Å². The van der Waals surface area contributed by atoms with Crippen LogP contribution in [0.15, 0.2) is 47.1 Å². The molecule has 8 heteroatoms. The van der Waals surface area contributed by atoms with Gasteiger partial charge in [0.15, 0.2) is 5.70 Å². The number of esters is 1. The van der Waals surface area contributed by atoms with Crippen LogP contribution in [0.3, 0.4) is 0 Å². The van der Waals surface area contributed by atoms with Crippen molar-refractivity contribution in [1.82, 2.24) is 0 Å². The van der Waals surface area contributed by atoms with Crippen LogP contribution in [0.4, 0.5) is 5.69 Å². The maximum Gasteiger partial charge on any atom is 0.363 e. The number of ether oxygens (including phenoxy) is 1. The Hall–Kier alpha value is -2.70. The van der Waals surface area contributed by atoms with Crippen molar-refractivity contribution in [3.8, 4) is 0 Å². The predicted octanol–water partition coefficient (Wildman–Crippen LogP) is 4.55. The lowest BCUT2D eigenvalue weighted by atomic mass is 10.1. The van der Waals surface area contributed by atoms with Gasteiger partial charge in [-0.15, -0.1) is 0 Å². The zero-order valence-electron chi connectivity index (χ0n) is 12.8. The summed E-state index contributed by atoms with van der Waals surface area (Å²) in [7, 11) is 0. The van der Waals surface area contributed by atoms with E-state index >= 15 is 0 Å². The van der Waals surface area contributed by atoms with Gasteiger partial charge in [0.2, 0.25) is 5.90 Å². The highest BCUT2D eigenvalue weighted by Gasteiger charge is 2.25. The Morgan fingerprint density at radius 1 is 1.20 bits per heavy atom. The number of rotatable bonds is 3. The summed E-state index contributed by atoms with van der Waals surface area (Å²) in [6, 6.07) is 9.33. The molecule has 0 bridgehead atoms. The smallest absolute Gasteiger partial charge is 0.363 e. The van der Waals surface area contributed by atoms with Crippen LogP contribution in [0.5, 0.6) is 0 Å². The Balaban J connectivity index is 2.00. The van der Waals surface area contributed by atoms with Crippen molar-refractivity contribution in [2.75, 3.05) is 0 Å². The molecule has 2 aromatic carbocycles. The number of carbonyl (C=O) groups excluding carboxylic acids is 1. The number of halogens is 2. The number of benzene rings is 2. The van der Waals surface area contributed by atoms with E-state index < -0.39 is 10.9 Å². The third-order valence-electron chi connectivity index (χ3n) is 3.54. The number of hydrogen-bond donors (Lipinski definition) is 0. The van der Waals surface area contributed by atoms with Crippen LogP contribution < -0.4 is 0 Å². The SMILES string of the molecule is Cc1cc(C2=N/C(=C\c3c(Cl)cccc3Cl)C(=O)O2)ccc1[N+](=O)[O-]. The summed E-state index contributed by atoms with van der Waals surface area (Å²) in [6.07, 6.45) is 1.44. The van der Waals surface area contributed by atoms with Crippen LogP contribution in [0.1, 0.15) is 16.7 Å². The predicted molar refractivity (Wildman–Crippen MR) is 94.9 cm³/mol. The molecule has 126 valence electrons. The van der Waals surface area contributed by atoms with E-state index in [1.807, 2.05) is 0 Å². The fourth-order valence-corrected chi connectivity index (χ4v) is 2.82. The number of hydrogen-bond acceptors (Lipinski definition) is 5. The zero-order valence-corrected chi connectivity index (χ0v) is 14.3.